The number of rotatable bonds is 10. The lowest BCUT2D eigenvalue weighted by Gasteiger charge is -2.21. The molecular formula is C19H25BN2O6S. The van der Waals surface area contributed by atoms with E-state index < -0.39 is 29.5 Å². The van der Waals surface area contributed by atoms with Gasteiger partial charge in [-0.15, -0.1) is 0 Å². The maximum atomic E-state index is 12.5. The van der Waals surface area contributed by atoms with E-state index in [1.54, 1.807) is 18.2 Å². The van der Waals surface area contributed by atoms with Gasteiger partial charge in [-0.1, -0.05) is 48.0 Å². The van der Waals surface area contributed by atoms with Crippen molar-refractivity contribution in [3.63, 3.8) is 0 Å². The van der Waals surface area contributed by atoms with Gasteiger partial charge in [-0.05, 0) is 24.6 Å². The summed E-state index contributed by atoms with van der Waals surface area (Å²) >= 11 is 0. The summed E-state index contributed by atoms with van der Waals surface area (Å²) in [5.74, 6) is -0.474. The molecule has 0 unspecified atom stereocenters. The molecule has 10 heteroatoms. The van der Waals surface area contributed by atoms with Crippen LogP contribution < -0.4 is 5.32 Å². The van der Waals surface area contributed by atoms with E-state index in [0.717, 1.165) is 15.4 Å². The summed E-state index contributed by atoms with van der Waals surface area (Å²) in [6.07, 6.45) is -0.860. The molecule has 8 nitrogen and oxygen atoms in total. The number of carbonyl (C=O) groups is 1. The van der Waals surface area contributed by atoms with Gasteiger partial charge in [0.15, 0.2) is 0 Å². The normalized spacial score (nSPS) is 12.6. The molecule has 0 aliphatic heterocycles. The lowest BCUT2D eigenvalue weighted by atomic mass is 10.1. The zero-order valence-electron chi connectivity index (χ0n) is 16.4. The van der Waals surface area contributed by atoms with Crippen molar-refractivity contribution in [1.29, 1.82) is 0 Å². The number of amides is 1. The fraction of sp³-hybridized carbons (Fsp3) is 0.316. The van der Waals surface area contributed by atoms with Crippen LogP contribution in [-0.2, 0) is 25.9 Å². The Balaban J connectivity index is 1.94. The Morgan fingerprint density at radius 3 is 2.34 bits per heavy atom. The summed E-state index contributed by atoms with van der Waals surface area (Å²) in [7, 11) is -4.35. The van der Waals surface area contributed by atoms with E-state index in [1.807, 2.05) is 31.2 Å². The maximum Gasteiger partial charge on any atom is 0.635 e. The molecule has 0 radical (unpaired) electrons. The van der Waals surface area contributed by atoms with Gasteiger partial charge in [0.2, 0.25) is 15.9 Å². The standard InChI is InChI=1S/C19H25BN2O6S/c1-15-8-10-16(11-9-15)14-19(28-20(24)25)21-18(23)12-13-22(2)29(26,27)17-6-4-3-5-7-17/h3-11,19,24-25H,12-14H2,1-2H3,(H,21,23)/t19-/m1/s1. The quantitative estimate of drug-likeness (QED) is 0.385. The number of nitrogens with one attached hydrogen (secondary N) is 1. The van der Waals surface area contributed by atoms with E-state index in [1.165, 1.54) is 19.2 Å². The summed E-state index contributed by atoms with van der Waals surface area (Å²) < 4.78 is 31.0. The highest BCUT2D eigenvalue weighted by Gasteiger charge is 2.23. The van der Waals surface area contributed by atoms with E-state index in [9.17, 15) is 13.2 Å². The van der Waals surface area contributed by atoms with Gasteiger partial charge in [0.05, 0.1) is 4.90 Å². The van der Waals surface area contributed by atoms with Crippen LogP contribution >= 0.6 is 0 Å². The zero-order chi connectivity index (χ0) is 21.4. The number of carbonyl (C=O) groups excluding carboxylic acids is 1. The fourth-order valence-corrected chi connectivity index (χ4v) is 3.81. The number of benzene rings is 2. The minimum atomic E-state index is -3.69. The van der Waals surface area contributed by atoms with Gasteiger partial charge >= 0.3 is 7.32 Å². The first-order valence-corrected chi connectivity index (χ1v) is 10.5. The Kier molecular flexibility index (Phi) is 8.36. The topological polar surface area (TPSA) is 116 Å². The number of aryl methyl sites for hydroxylation is 1. The molecule has 1 amide bonds. The van der Waals surface area contributed by atoms with Crippen molar-refractivity contribution in [3.8, 4) is 0 Å². The smallest absolute Gasteiger partial charge is 0.402 e. The summed E-state index contributed by atoms with van der Waals surface area (Å²) in [5, 5.41) is 20.8. The van der Waals surface area contributed by atoms with E-state index in [-0.39, 0.29) is 24.3 Å². The van der Waals surface area contributed by atoms with Gasteiger partial charge in [0.1, 0.15) is 6.23 Å². The molecule has 0 fully saturated rings. The lowest BCUT2D eigenvalue weighted by Crippen LogP contribution is -2.43. The predicted molar refractivity (Wildman–Crippen MR) is 109 cm³/mol. The first kappa shape index (κ1) is 23.0. The molecule has 1 atom stereocenters. The average molecular weight is 420 g/mol. The predicted octanol–water partition coefficient (Wildman–Crippen LogP) is 0.677. The average Bonchev–Trinajstić information content (AvgIpc) is 2.68. The summed E-state index contributed by atoms with van der Waals surface area (Å²) in [6, 6.07) is 15.4. The number of nitrogens with zero attached hydrogens (tertiary/aromatic N) is 1. The first-order chi connectivity index (χ1) is 13.7. The third kappa shape index (κ3) is 7.26. The molecule has 2 aromatic carbocycles. The number of sulfonamides is 1. The van der Waals surface area contributed by atoms with E-state index >= 15 is 0 Å². The molecule has 0 saturated carbocycles. The highest BCUT2D eigenvalue weighted by molar-refractivity contribution is 7.89. The SMILES string of the molecule is Cc1ccc(C[C@H](NC(=O)CCN(C)S(=O)(=O)c2ccccc2)OB(O)O)cc1. The van der Waals surface area contributed by atoms with Crippen molar-refractivity contribution < 1.29 is 27.9 Å². The molecule has 0 bridgehead atoms. The Bertz CT molecular complexity index is 891. The zero-order valence-corrected chi connectivity index (χ0v) is 17.2. The summed E-state index contributed by atoms with van der Waals surface area (Å²) in [6.45, 7) is 1.90. The molecule has 2 aromatic rings. The monoisotopic (exact) mass is 420 g/mol. The molecular weight excluding hydrogens is 395 g/mol. The molecule has 0 heterocycles. The highest BCUT2D eigenvalue weighted by Crippen LogP contribution is 2.14. The maximum absolute atomic E-state index is 12.5. The number of hydrogen-bond donors (Lipinski definition) is 3. The Labute approximate surface area is 171 Å². The van der Waals surface area contributed by atoms with Crippen LogP contribution in [0.5, 0.6) is 0 Å². The van der Waals surface area contributed by atoms with Crippen molar-refractivity contribution in [2.75, 3.05) is 13.6 Å². The molecule has 2 rings (SSSR count). The minimum Gasteiger partial charge on any atom is -0.402 e. The van der Waals surface area contributed by atoms with Crippen molar-refractivity contribution in [2.45, 2.75) is 30.9 Å². The molecule has 0 spiro atoms. The highest BCUT2D eigenvalue weighted by atomic mass is 32.2. The van der Waals surface area contributed by atoms with E-state index in [2.05, 4.69) is 5.32 Å². The van der Waals surface area contributed by atoms with Crippen molar-refractivity contribution in [2.24, 2.45) is 0 Å². The van der Waals surface area contributed by atoms with Gasteiger partial charge in [0, 0.05) is 26.4 Å². The van der Waals surface area contributed by atoms with Crippen molar-refractivity contribution in [3.05, 3.63) is 65.7 Å². The summed E-state index contributed by atoms with van der Waals surface area (Å²) in [5.41, 5.74) is 1.91. The van der Waals surface area contributed by atoms with Crippen LogP contribution in [0.3, 0.4) is 0 Å². The second-order valence-corrected chi connectivity index (χ2v) is 8.64. The summed E-state index contributed by atoms with van der Waals surface area (Å²) in [4.78, 5) is 12.4. The first-order valence-electron chi connectivity index (χ1n) is 9.06. The molecule has 29 heavy (non-hydrogen) atoms. The van der Waals surface area contributed by atoms with Crippen LogP contribution in [0.4, 0.5) is 0 Å². The van der Waals surface area contributed by atoms with Gasteiger partial charge in [0.25, 0.3) is 0 Å². The molecule has 3 N–H and O–H groups in total. The van der Waals surface area contributed by atoms with Crippen molar-refractivity contribution >= 4 is 23.3 Å². The molecule has 0 aromatic heterocycles. The van der Waals surface area contributed by atoms with Gasteiger partial charge in [-0.3, -0.25) is 4.79 Å². The molecule has 156 valence electrons. The second-order valence-electron chi connectivity index (χ2n) is 6.60. The third-order valence-electron chi connectivity index (χ3n) is 4.25. The lowest BCUT2D eigenvalue weighted by molar-refractivity contribution is -0.124. The van der Waals surface area contributed by atoms with Crippen LogP contribution in [-0.4, -0.2) is 55.8 Å². The second kappa shape index (κ2) is 10.5. The molecule has 0 saturated heterocycles. The van der Waals surface area contributed by atoms with Crippen LogP contribution in [0.25, 0.3) is 0 Å². The minimum absolute atomic E-state index is 0.0397. The van der Waals surface area contributed by atoms with E-state index in [0.29, 0.717) is 0 Å². The van der Waals surface area contributed by atoms with Gasteiger partial charge in [-0.25, -0.2) is 12.7 Å². The van der Waals surface area contributed by atoms with Crippen LogP contribution in [0.2, 0.25) is 0 Å². The molecule has 0 aliphatic rings. The third-order valence-corrected chi connectivity index (χ3v) is 6.13. The van der Waals surface area contributed by atoms with Crippen molar-refractivity contribution in [1.82, 2.24) is 9.62 Å². The Morgan fingerprint density at radius 2 is 1.76 bits per heavy atom. The number of hydrogen-bond acceptors (Lipinski definition) is 6. The molecule has 0 aliphatic carbocycles. The largest absolute Gasteiger partial charge is 0.635 e. The van der Waals surface area contributed by atoms with Gasteiger partial charge in [-0.2, -0.15) is 0 Å². The Morgan fingerprint density at radius 1 is 1.14 bits per heavy atom. The van der Waals surface area contributed by atoms with E-state index in [4.69, 9.17) is 14.7 Å². The van der Waals surface area contributed by atoms with Gasteiger partial charge < -0.3 is 20.0 Å². The van der Waals surface area contributed by atoms with Crippen LogP contribution in [0.1, 0.15) is 17.5 Å². The Hall–Kier alpha value is -2.24. The fourth-order valence-electron chi connectivity index (χ4n) is 2.62. The van der Waals surface area contributed by atoms with Crippen LogP contribution in [0, 0.1) is 6.92 Å². The van der Waals surface area contributed by atoms with Crippen LogP contribution in [0.15, 0.2) is 59.5 Å².